The molecule has 4 heteroatoms. The van der Waals surface area contributed by atoms with Gasteiger partial charge in [-0.25, -0.2) is 4.79 Å². The summed E-state index contributed by atoms with van der Waals surface area (Å²) in [6.07, 6.45) is -0.127. The van der Waals surface area contributed by atoms with Crippen molar-refractivity contribution in [3.63, 3.8) is 0 Å². The van der Waals surface area contributed by atoms with E-state index in [0.29, 0.717) is 11.3 Å². The van der Waals surface area contributed by atoms with E-state index in [-0.39, 0.29) is 12.2 Å². The molecule has 1 atom stereocenters. The Morgan fingerprint density at radius 1 is 1.35 bits per heavy atom. The number of ketones is 1. The number of carbonyl (C=O) groups is 2. The van der Waals surface area contributed by atoms with Gasteiger partial charge < -0.3 is 9.84 Å². The maximum atomic E-state index is 11.9. The van der Waals surface area contributed by atoms with Crippen molar-refractivity contribution in [2.24, 2.45) is 0 Å². The molecular formula is C13H14O4. The van der Waals surface area contributed by atoms with E-state index in [0.717, 1.165) is 11.1 Å². The average Bonchev–Trinajstić information content (AvgIpc) is 2.21. The van der Waals surface area contributed by atoms with Crippen molar-refractivity contribution in [2.45, 2.75) is 32.8 Å². The molecule has 1 aliphatic heterocycles. The zero-order valence-electron chi connectivity index (χ0n) is 10.0. The van der Waals surface area contributed by atoms with Gasteiger partial charge in [0.15, 0.2) is 5.78 Å². The lowest BCUT2D eigenvalue weighted by Gasteiger charge is -2.31. The van der Waals surface area contributed by atoms with Crippen LogP contribution in [0.1, 0.15) is 34.8 Å². The fourth-order valence-corrected chi connectivity index (χ4v) is 1.89. The number of carboxylic acids is 1. The van der Waals surface area contributed by atoms with E-state index in [4.69, 9.17) is 9.84 Å². The molecule has 1 aliphatic rings. The summed E-state index contributed by atoms with van der Waals surface area (Å²) in [5, 5.41) is 9.09. The molecular weight excluding hydrogens is 220 g/mol. The van der Waals surface area contributed by atoms with Crippen LogP contribution in [-0.2, 0) is 4.79 Å². The predicted molar refractivity (Wildman–Crippen MR) is 61.5 cm³/mol. The monoisotopic (exact) mass is 234 g/mol. The fraction of sp³-hybridized carbons (Fsp3) is 0.385. The molecule has 0 saturated carbocycles. The normalized spacial score (nSPS) is 22.9. The third kappa shape index (κ3) is 1.79. The Kier molecular flexibility index (Phi) is 2.45. The smallest absolute Gasteiger partial charge is 0.348 e. The number of hydrogen-bond donors (Lipinski definition) is 1. The zero-order valence-corrected chi connectivity index (χ0v) is 10.0. The second kappa shape index (κ2) is 3.58. The lowest BCUT2D eigenvalue weighted by atomic mass is 9.90. The van der Waals surface area contributed by atoms with Crippen LogP contribution < -0.4 is 4.74 Å². The van der Waals surface area contributed by atoms with Crippen molar-refractivity contribution >= 4 is 11.8 Å². The maximum absolute atomic E-state index is 11.9. The number of rotatable bonds is 1. The first-order chi connectivity index (χ1) is 7.83. The Bertz CT molecular complexity index is 518. The standard InChI is InChI=1S/C13H14O4/c1-7-4-9-10(14)6-13(3,12(15)16)17-11(9)5-8(7)2/h4-5H,6H2,1-3H3,(H,15,16). The fourth-order valence-electron chi connectivity index (χ4n) is 1.89. The van der Waals surface area contributed by atoms with Crippen molar-refractivity contribution in [2.75, 3.05) is 0 Å². The number of fused-ring (bicyclic) bond motifs is 1. The summed E-state index contributed by atoms with van der Waals surface area (Å²) in [6, 6.07) is 3.48. The molecule has 0 aromatic heterocycles. The minimum absolute atomic E-state index is 0.127. The van der Waals surface area contributed by atoms with Gasteiger partial charge in [-0.2, -0.15) is 0 Å². The van der Waals surface area contributed by atoms with Crippen LogP contribution in [0.2, 0.25) is 0 Å². The van der Waals surface area contributed by atoms with Crippen LogP contribution in [0.15, 0.2) is 12.1 Å². The topological polar surface area (TPSA) is 63.6 Å². The zero-order chi connectivity index (χ0) is 12.8. The van der Waals surface area contributed by atoms with Crippen LogP contribution in [-0.4, -0.2) is 22.5 Å². The van der Waals surface area contributed by atoms with Gasteiger partial charge in [-0.05, 0) is 44.0 Å². The third-order valence-corrected chi connectivity index (χ3v) is 3.18. The van der Waals surface area contributed by atoms with Crippen LogP contribution in [0.4, 0.5) is 0 Å². The van der Waals surface area contributed by atoms with E-state index in [1.807, 2.05) is 13.8 Å². The molecule has 1 unspecified atom stereocenters. The van der Waals surface area contributed by atoms with Crippen LogP contribution in [0, 0.1) is 13.8 Å². The number of benzene rings is 1. The molecule has 1 aromatic rings. The number of Topliss-reactive ketones (excluding diaryl/α,β-unsaturated/α-hetero) is 1. The van der Waals surface area contributed by atoms with Gasteiger partial charge in [-0.1, -0.05) is 0 Å². The number of aliphatic carboxylic acids is 1. The average molecular weight is 234 g/mol. The van der Waals surface area contributed by atoms with E-state index in [1.54, 1.807) is 12.1 Å². The largest absolute Gasteiger partial charge is 0.478 e. The second-order valence-corrected chi connectivity index (χ2v) is 4.67. The van der Waals surface area contributed by atoms with Crippen LogP contribution in [0.25, 0.3) is 0 Å². The Balaban J connectivity index is 2.54. The van der Waals surface area contributed by atoms with Gasteiger partial charge in [-0.3, -0.25) is 4.79 Å². The van der Waals surface area contributed by atoms with Crippen molar-refractivity contribution in [3.05, 3.63) is 28.8 Å². The molecule has 1 heterocycles. The summed E-state index contributed by atoms with van der Waals surface area (Å²) in [5.74, 6) is -0.928. The summed E-state index contributed by atoms with van der Waals surface area (Å²) in [5.41, 5.74) is 1.00. The van der Waals surface area contributed by atoms with Gasteiger partial charge in [0.1, 0.15) is 5.75 Å². The van der Waals surface area contributed by atoms with Crippen molar-refractivity contribution in [1.82, 2.24) is 0 Å². The molecule has 0 fully saturated rings. The Labute approximate surface area is 99.2 Å². The predicted octanol–water partition coefficient (Wildman–Crippen LogP) is 2.11. The molecule has 90 valence electrons. The summed E-state index contributed by atoms with van der Waals surface area (Å²) >= 11 is 0. The van der Waals surface area contributed by atoms with Crippen molar-refractivity contribution in [1.29, 1.82) is 0 Å². The summed E-state index contributed by atoms with van der Waals surface area (Å²) in [4.78, 5) is 23.0. The first-order valence-corrected chi connectivity index (χ1v) is 5.40. The van der Waals surface area contributed by atoms with Crippen LogP contribution >= 0.6 is 0 Å². The van der Waals surface area contributed by atoms with Gasteiger partial charge in [0.25, 0.3) is 0 Å². The number of carbonyl (C=O) groups excluding carboxylic acids is 1. The number of ether oxygens (including phenoxy) is 1. The van der Waals surface area contributed by atoms with Crippen molar-refractivity contribution in [3.8, 4) is 5.75 Å². The van der Waals surface area contributed by atoms with Gasteiger partial charge >= 0.3 is 5.97 Å². The van der Waals surface area contributed by atoms with Gasteiger partial charge in [-0.15, -0.1) is 0 Å². The first-order valence-electron chi connectivity index (χ1n) is 5.40. The van der Waals surface area contributed by atoms with Gasteiger partial charge in [0, 0.05) is 0 Å². The molecule has 2 rings (SSSR count). The second-order valence-electron chi connectivity index (χ2n) is 4.67. The Morgan fingerprint density at radius 2 is 1.94 bits per heavy atom. The Morgan fingerprint density at radius 3 is 2.53 bits per heavy atom. The summed E-state index contributed by atoms with van der Waals surface area (Å²) in [6.45, 7) is 5.23. The quantitative estimate of drug-likeness (QED) is 0.808. The number of hydrogen-bond acceptors (Lipinski definition) is 3. The molecule has 0 saturated heterocycles. The number of carboxylic acid groups (broad SMARTS) is 1. The molecule has 0 amide bonds. The lowest BCUT2D eigenvalue weighted by Crippen LogP contribution is -2.46. The minimum Gasteiger partial charge on any atom is -0.478 e. The van der Waals surface area contributed by atoms with Crippen molar-refractivity contribution < 1.29 is 19.4 Å². The molecule has 0 bridgehead atoms. The molecule has 17 heavy (non-hydrogen) atoms. The van der Waals surface area contributed by atoms with Gasteiger partial charge in [0.05, 0.1) is 12.0 Å². The van der Waals surface area contributed by atoms with E-state index in [9.17, 15) is 9.59 Å². The SMILES string of the molecule is Cc1cc2c(cc1C)C(=O)CC(C)(C(=O)O)O2. The van der Waals surface area contributed by atoms with E-state index in [1.165, 1.54) is 6.92 Å². The molecule has 0 aliphatic carbocycles. The van der Waals surface area contributed by atoms with E-state index in [2.05, 4.69) is 0 Å². The molecule has 0 spiro atoms. The molecule has 1 N–H and O–H groups in total. The van der Waals surface area contributed by atoms with Crippen LogP contribution in [0.3, 0.4) is 0 Å². The van der Waals surface area contributed by atoms with Gasteiger partial charge in [0.2, 0.25) is 5.60 Å². The highest BCUT2D eigenvalue weighted by molar-refractivity contribution is 6.03. The molecule has 1 aromatic carbocycles. The molecule has 0 radical (unpaired) electrons. The van der Waals surface area contributed by atoms with E-state index >= 15 is 0 Å². The highest BCUT2D eigenvalue weighted by Crippen LogP contribution is 2.35. The molecule has 4 nitrogen and oxygen atoms in total. The summed E-state index contributed by atoms with van der Waals surface area (Å²) < 4.78 is 5.47. The van der Waals surface area contributed by atoms with E-state index < -0.39 is 11.6 Å². The lowest BCUT2D eigenvalue weighted by molar-refractivity contribution is -0.154. The highest BCUT2D eigenvalue weighted by atomic mass is 16.5. The number of aryl methyl sites for hydroxylation is 2. The Hall–Kier alpha value is -1.84. The maximum Gasteiger partial charge on any atom is 0.348 e. The first kappa shape index (κ1) is 11.6. The summed E-state index contributed by atoms with van der Waals surface area (Å²) in [7, 11) is 0. The third-order valence-electron chi connectivity index (χ3n) is 3.18. The van der Waals surface area contributed by atoms with Crippen LogP contribution in [0.5, 0.6) is 5.75 Å². The highest BCUT2D eigenvalue weighted by Gasteiger charge is 2.43. The minimum atomic E-state index is -1.45.